The smallest absolute Gasteiger partial charge is 0.270 e. The van der Waals surface area contributed by atoms with Gasteiger partial charge in [-0.15, -0.1) is 0 Å². The second kappa shape index (κ2) is 7.77. The molecule has 7 nitrogen and oxygen atoms in total. The van der Waals surface area contributed by atoms with Gasteiger partial charge in [-0.2, -0.15) is 0 Å². The Bertz CT molecular complexity index is 941. The first kappa shape index (κ1) is 18.9. The maximum absolute atomic E-state index is 12.5. The molecule has 0 bridgehead atoms. The Labute approximate surface area is 161 Å². The molecule has 3 aromatic rings. The summed E-state index contributed by atoms with van der Waals surface area (Å²) < 4.78 is 0. The van der Waals surface area contributed by atoms with E-state index in [0.717, 1.165) is 5.56 Å². The highest BCUT2D eigenvalue weighted by Gasteiger charge is 2.18. The summed E-state index contributed by atoms with van der Waals surface area (Å²) in [5.74, 6) is -0.0794. The van der Waals surface area contributed by atoms with Gasteiger partial charge in [-0.3, -0.25) is 4.79 Å². The van der Waals surface area contributed by atoms with Crippen LogP contribution in [0.4, 0.5) is 0 Å². The van der Waals surface area contributed by atoms with Crippen molar-refractivity contribution < 1.29 is 9.90 Å². The summed E-state index contributed by atoms with van der Waals surface area (Å²) in [7, 11) is 0. The average molecular weight is 384 g/mol. The molecule has 138 valence electrons. The number of aromatic nitrogens is 4. The van der Waals surface area contributed by atoms with Crippen LogP contribution in [0, 0.1) is 0 Å². The summed E-state index contributed by atoms with van der Waals surface area (Å²) in [5, 5.41) is 13.1. The summed E-state index contributed by atoms with van der Waals surface area (Å²) >= 11 is 5.95. The van der Waals surface area contributed by atoms with Gasteiger partial charge >= 0.3 is 0 Å². The number of benzene rings is 1. The largest absolute Gasteiger partial charge is 0.389 e. The standard InChI is InChI=1S/C19H18ClN5O2/c1-19(2,27)10-23-18(26)16-7-15(12-3-5-14(20)6-4-12)24-17(25-16)13-8-21-11-22-9-13/h3-9,11,27H,10H2,1-2H3,(H,23,26). The van der Waals surface area contributed by atoms with Crippen LogP contribution in [-0.4, -0.2) is 43.1 Å². The molecule has 3 rings (SSSR count). The number of aliphatic hydroxyl groups is 1. The highest BCUT2D eigenvalue weighted by Crippen LogP contribution is 2.23. The first-order valence-corrected chi connectivity index (χ1v) is 8.61. The van der Waals surface area contributed by atoms with Crippen molar-refractivity contribution in [2.45, 2.75) is 19.4 Å². The van der Waals surface area contributed by atoms with Crippen LogP contribution in [0.1, 0.15) is 24.3 Å². The van der Waals surface area contributed by atoms with E-state index in [-0.39, 0.29) is 12.2 Å². The molecule has 27 heavy (non-hydrogen) atoms. The minimum Gasteiger partial charge on any atom is -0.389 e. The molecule has 0 radical (unpaired) electrons. The van der Waals surface area contributed by atoms with E-state index in [0.29, 0.717) is 22.1 Å². The van der Waals surface area contributed by atoms with Crippen LogP contribution in [-0.2, 0) is 0 Å². The number of carbonyl (C=O) groups excluding carboxylic acids is 1. The van der Waals surface area contributed by atoms with Crippen molar-refractivity contribution >= 4 is 17.5 Å². The third-order valence-corrected chi connectivity index (χ3v) is 3.85. The topological polar surface area (TPSA) is 101 Å². The fourth-order valence-corrected chi connectivity index (χ4v) is 2.39. The Hall–Kier alpha value is -2.90. The van der Waals surface area contributed by atoms with Crippen molar-refractivity contribution in [2.24, 2.45) is 0 Å². The third-order valence-electron chi connectivity index (χ3n) is 3.60. The Balaban J connectivity index is 2.03. The Morgan fingerprint density at radius 3 is 2.41 bits per heavy atom. The second-order valence-electron chi connectivity index (χ2n) is 6.59. The molecule has 0 aliphatic rings. The van der Waals surface area contributed by atoms with Gasteiger partial charge in [-0.25, -0.2) is 19.9 Å². The molecule has 2 N–H and O–H groups in total. The van der Waals surface area contributed by atoms with Crippen molar-refractivity contribution in [3.63, 3.8) is 0 Å². The van der Waals surface area contributed by atoms with Gasteiger partial charge in [0.1, 0.15) is 12.0 Å². The number of rotatable bonds is 5. The van der Waals surface area contributed by atoms with Crippen LogP contribution < -0.4 is 5.32 Å². The van der Waals surface area contributed by atoms with Crippen LogP contribution >= 0.6 is 11.6 Å². The molecule has 0 aliphatic carbocycles. The fourth-order valence-electron chi connectivity index (χ4n) is 2.26. The monoisotopic (exact) mass is 383 g/mol. The summed E-state index contributed by atoms with van der Waals surface area (Å²) in [6.07, 6.45) is 4.56. The molecule has 0 saturated heterocycles. The van der Waals surface area contributed by atoms with Gasteiger partial charge in [0.05, 0.1) is 16.9 Å². The van der Waals surface area contributed by atoms with E-state index >= 15 is 0 Å². The van der Waals surface area contributed by atoms with Gasteiger partial charge in [0.2, 0.25) is 0 Å². The van der Waals surface area contributed by atoms with Crippen molar-refractivity contribution in [2.75, 3.05) is 6.54 Å². The number of nitrogens with one attached hydrogen (secondary N) is 1. The number of amides is 1. The van der Waals surface area contributed by atoms with Gasteiger partial charge in [0.25, 0.3) is 5.91 Å². The quantitative estimate of drug-likeness (QED) is 0.702. The molecule has 0 unspecified atom stereocenters. The van der Waals surface area contributed by atoms with E-state index in [1.165, 1.54) is 6.33 Å². The fraction of sp³-hybridized carbons (Fsp3) is 0.211. The van der Waals surface area contributed by atoms with Gasteiger partial charge in [0, 0.05) is 29.5 Å². The Morgan fingerprint density at radius 1 is 1.11 bits per heavy atom. The molecule has 0 spiro atoms. The van der Waals surface area contributed by atoms with Gasteiger partial charge in [-0.1, -0.05) is 23.7 Å². The first-order chi connectivity index (χ1) is 12.8. The highest BCUT2D eigenvalue weighted by molar-refractivity contribution is 6.30. The maximum Gasteiger partial charge on any atom is 0.270 e. The van der Waals surface area contributed by atoms with Crippen LogP contribution in [0.5, 0.6) is 0 Å². The Kier molecular flexibility index (Phi) is 5.43. The van der Waals surface area contributed by atoms with Crippen LogP contribution in [0.25, 0.3) is 22.6 Å². The lowest BCUT2D eigenvalue weighted by Gasteiger charge is -2.17. The molecule has 2 aromatic heterocycles. The summed E-state index contributed by atoms with van der Waals surface area (Å²) in [6, 6.07) is 8.72. The van der Waals surface area contributed by atoms with Crippen LogP contribution in [0.15, 0.2) is 49.1 Å². The predicted octanol–water partition coefficient (Wildman–Crippen LogP) is 2.75. The molecule has 0 saturated carbocycles. The number of halogens is 1. The zero-order chi connectivity index (χ0) is 19.4. The van der Waals surface area contributed by atoms with Crippen LogP contribution in [0.2, 0.25) is 5.02 Å². The SMILES string of the molecule is CC(C)(O)CNC(=O)c1cc(-c2ccc(Cl)cc2)nc(-c2cncnc2)n1. The molecular weight excluding hydrogens is 366 g/mol. The lowest BCUT2D eigenvalue weighted by atomic mass is 10.1. The number of nitrogens with zero attached hydrogens (tertiary/aromatic N) is 4. The predicted molar refractivity (Wildman–Crippen MR) is 102 cm³/mol. The van der Waals surface area contributed by atoms with Gasteiger partial charge in [-0.05, 0) is 32.0 Å². The Morgan fingerprint density at radius 2 is 1.78 bits per heavy atom. The molecule has 1 amide bonds. The summed E-state index contributed by atoms with van der Waals surface area (Å²) in [4.78, 5) is 29.4. The third kappa shape index (κ3) is 5.06. The minimum atomic E-state index is -1.03. The first-order valence-electron chi connectivity index (χ1n) is 8.23. The molecule has 2 heterocycles. The second-order valence-corrected chi connectivity index (χ2v) is 7.03. The molecular formula is C19H18ClN5O2. The minimum absolute atomic E-state index is 0.0932. The highest BCUT2D eigenvalue weighted by atomic mass is 35.5. The molecule has 0 aliphatic heterocycles. The van der Waals surface area contributed by atoms with E-state index in [9.17, 15) is 9.90 Å². The molecule has 0 fully saturated rings. The summed E-state index contributed by atoms with van der Waals surface area (Å²) in [6.45, 7) is 3.31. The number of hydrogen-bond acceptors (Lipinski definition) is 6. The van der Waals surface area contributed by atoms with E-state index < -0.39 is 11.5 Å². The molecule has 0 atom stereocenters. The van der Waals surface area contributed by atoms with Gasteiger partial charge < -0.3 is 10.4 Å². The van der Waals surface area contributed by atoms with Crippen molar-refractivity contribution in [3.05, 3.63) is 59.8 Å². The van der Waals surface area contributed by atoms with Crippen molar-refractivity contribution in [1.29, 1.82) is 0 Å². The molecule has 8 heteroatoms. The van der Waals surface area contributed by atoms with Crippen molar-refractivity contribution in [1.82, 2.24) is 25.3 Å². The lowest BCUT2D eigenvalue weighted by Crippen LogP contribution is -2.38. The van der Waals surface area contributed by atoms with Crippen molar-refractivity contribution in [3.8, 4) is 22.6 Å². The van der Waals surface area contributed by atoms with E-state index in [1.54, 1.807) is 44.4 Å². The number of carbonyl (C=O) groups is 1. The van der Waals surface area contributed by atoms with E-state index in [4.69, 9.17) is 11.6 Å². The van der Waals surface area contributed by atoms with Crippen LogP contribution in [0.3, 0.4) is 0 Å². The molecule has 1 aromatic carbocycles. The maximum atomic E-state index is 12.5. The number of hydrogen-bond donors (Lipinski definition) is 2. The van der Waals surface area contributed by atoms with E-state index in [1.807, 2.05) is 12.1 Å². The summed E-state index contributed by atoms with van der Waals surface area (Å²) in [5.41, 5.74) is 1.09. The lowest BCUT2D eigenvalue weighted by molar-refractivity contribution is 0.0692. The van der Waals surface area contributed by atoms with E-state index in [2.05, 4.69) is 25.3 Å². The zero-order valence-corrected chi connectivity index (χ0v) is 15.6. The zero-order valence-electron chi connectivity index (χ0n) is 14.8. The van der Waals surface area contributed by atoms with Gasteiger partial charge in [0.15, 0.2) is 5.82 Å². The normalized spacial score (nSPS) is 11.3. The average Bonchev–Trinajstić information content (AvgIpc) is 2.66.